The molecule has 0 aliphatic rings. The molecular formula is C17H18F2N2O3S. The van der Waals surface area contributed by atoms with Crippen LogP contribution in [0.3, 0.4) is 0 Å². The van der Waals surface area contributed by atoms with Crippen LogP contribution in [-0.2, 0) is 14.8 Å². The van der Waals surface area contributed by atoms with Crippen molar-refractivity contribution in [1.82, 2.24) is 0 Å². The zero-order valence-corrected chi connectivity index (χ0v) is 14.7. The van der Waals surface area contributed by atoms with Crippen LogP contribution in [0.25, 0.3) is 0 Å². The Balaban J connectivity index is 2.27. The van der Waals surface area contributed by atoms with Gasteiger partial charge in [0.1, 0.15) is 16.5 Å². The van der Waals surface area contributed by atoms with Crippen molar-refractivity contribution in [2.75, 3.05) is 10.0 Å². The van der Waals surface area contributed by atoms with E-state index in [-0.39, 0.29) is 11.6 Å². The lowest BCUT2D eigenvalue weighted by atomic mass is 9.95. The van der Waals surface area contributed by atoms with Gasteiger partial charge in [-0.15, -0.1) is 0 Å². The van der Waals surface area contributed by atoms with Crippen molar-refractivity contribution >= 4 is 27.3 Å². The monoisotopic (exact) mass is 368 g/mol. The third-order valence-corrected chi connectivity index (χ3v) is 4.63. The van der Waals surface area contributed by atoms with Crippen LogP contribution >= 0.6 is 0 Å². The molecule has 8 heteroatoms. The zero-order valence-electron chi connectivity index (χ0n) is 13.9. The number of rotatable bonds is 4. The molecule has 1 amide bonds. The van der Waals surface area contributed by atoms with Crippen molar-refractivity contribution in [3.63, 3.8) is 0 Å². The van der Waals surface area contributed by atoms with E-state index in [0.29, 0.717) is 11.8 Å². The van der Waals surface area contributed by atoms with Crippen molar-refractivity contribution in [3.05, 3.63) is 54.1 Å². The molecule has 0 spiro atoms. The van der Waals surface area contributed by atoms with E-state index in [4.69, 9.17) is 0 Å². The first-order valence-corrected chi connectivity index (χ1v) is 8.87. The first kappa shape index (κ1) is 18.9. The molecule has 0 aliphatic heterocycles. The van der Waals surface area contributed by atoms with Crippen molar-refractivity contribution in [2.45, 2.75) is 25.7 Å². The third kappa shape index (κ3) is 4.76. The molecule has 134 valence electrons. The summed E-state index contributed by atoms with van der Waals surface area (Å²) in [5, 5.41) is 2.66. The molecule has 2 aromatic carbocycles. The second-order valence-electron chi connectivity index (χ2n) is 6.47. The summed E-state index contributed by atoms with van der Waals surface area (Å²) in [5.74, 6) is -2.18. The van der Waals surface area contributed by atoms with Gasteiger partial charge in [-0.1, -0.05) is 26.8 Å². The van der Waals surface area contributed by atoms with E-state index >= 15 is 0 Å². The highest BCUT2D eigenvalue weighted by molar-refractivity contribution is 7.92. The third-order valence-electron chi connectivity index (χ3n) is 3.24. The number of nitrogens with one attached hydrogen (secondary N) is 2. The van der Waals surface area contributed by atoms with Crippen LogP contribution in [-0.4, -0.2) is 14.3 Å². The average molecular weight is 368 g/mol. The second kappa shape index (κ2) is 6.79. The van der Waals surface area contributed by atoms with Crippen molar-refractivity contribution in [3.8, 4) is 0 Å². The van der Waals surface area contributed by atoms with Crippen molar-refractivity contribution < 1.29 is 22.0 Å². The summed E-state index contributed by atoms with van der Waals surface area (Å²) >= 11 is 0. The van der Waals surface area contributed by atoms with Gasteiger partial charge in [0.15, 0.2) is 0 Å². The lowest BCUT2D eigenvalue weighted by Gasteiger charge is -2.18. The molecule has 0 radical (unpaired) electrons. The van der Waals surface area contributed by atoms with E-state index in [1.165, 1.54) is 18.2 Å². The number of carbonyl (C=O) groups excluding carboxylic acids is 1. The van der Waals surface area contributed by atoms with E-state index in [0.717, 1.165) is 12.1 Å². The minimum Gasteiger partial charge on any atom is -0.326 e. The highest BCUT2D eigenvalue weighted by atomic mass is 32.2. The fourth-order valence-electron chi connectivity index (χ4n) is 1.87. The molecule has 0 atom stereocenters. The van der Waals surface area contributed by atoms with Crippen molar-refractivity contribution in [2.24, 2.45) is 5.41 Å². The maximum Gasteiger partial charge on any atom is 0.264 e. The molecule has 0 heterocycles. The van der Waals surface area contributed by atoms with Gasteiger partial charge in [-0.25, -0.2) is 17.2 Å². The summed E-state index contributed by atoms with van der Waals surface area (Å²) in [5.41, 5.74) is -0.143. The second-order valence-corrected chi connectivity index (χ2v) is 8.12. The number of sulfonamides is 1. The normalized spacial score (nSPS) is 11.9. The minimum absolute atomic E-state index is 0.107. The molecule has 2 aromatic rings. The molecule has 2 N–H and O–H groups in total. The van der Waals surface area contributed by atoms with Gasteiger partial charge in [-0.05, 0) is 36.4 Å². The standard InChI is InChI=1S/C17H18F2N2O3S/c1-17(2,3)16(22)20-12-5-4-6-13(10-12)21-25(23,24)15-9-11(18)7-8-14(15)19/h4-10,21H,1-3H3,(H,20,22). The Bertz CT molecular complexity index is 906. The Kier molecular flexibility index (Phi) is 5.12. The van der Waals surface area contributed by atoms with E-state index < -0.39 is 32.0 Å². The van der Waals surface area contributed by atoms with Crippen LogP contribution < -0.4 is 10.0 Å². The Morgan fingerprint density at radius 2 is 1.64 bits per heavy atom. The molecule has 0 unspecified atom stereocenters. The van der Waals surface area contributed by atoms with Crippen LogP contribution in [0.5, 0.6) is 0 Å². The minimum atomic E-state index is -4.32. The fraction of sp³-hybridized carbons (Fsp3) is 0.235. The van der Waals surface area contributed by atoms with E-state index in [1.807, 2.05) is 0 Å². The first-order chi connectivity index (χ1) is 11.5. The predicted octanol–water partition coefficient (Wildman–Crippen LogP) is 3.75. The Labute approximate surface area is 145 Å². The summed E-state index contributed by atoms with van der Waals surface area (Å²) in [6.45, 7) is 5.21. The average Bonchev–Trinajstić information content (AvgIpc) is 2.48. The summed E-state index contributed by atoms with van der Waals surface area (Å²) < 4.78 is 53.6. The van der Waals surface area contributed by atoms with Gasteiger partial charge in [-0.2, -0.15) is 0 Å². The summed E-state index contributed by atoms with van der Waals surface area (Å²) in [4.78, 5) is 11.2. The van der Waals surface area contributed by atoms with E-state index in [1.54, 1.807) is 26.8 Å². The van der Waals surface area contributed by atoms with Crippen LogP contribution in [0.1, 0.15) is 20.8 Å². The SMILES string of the molecule is CC(C)(C)C(=O)Nc1cccc(NS(=O)(=O)c2cc(F)ccc2F)c1. The maximum absolute atomic E-state index is 13.7. The topological polar surface area (TPSA) is 75.3 Å². The van der Waals surface area contributed by atoms with Gasteiger partial charge >= 0.3 is 0 Å². The molecule has 0 bridgehead atoms. The number of amides is 1. The summed E-state index contributed by atoms with van der Waals surface area (Å²) in [7, 11) is -4.32. The molecule has 0 saturated heterocycles. The van der Waals surface area contributed by atoms with Crippen molar-refractivity contribution in [1.29, 1.82) is 0 Å². The lowest BCUT2D eigenvalue weighted by Crippen LogP contribution is -2.27. The highest BCUT2D eigenvalue weighted by Crippen LogP contribution is 2.23. The van der Waals surface area contributed by atoms with Gasteiger partial charge in [-0.3, -0.25) is 9.52 Å². The number of carbonyl (C=O) groups is 1. The van der Waals surface area contributed by atoms with Gasteiger partial charge in [0.2, 0.25) is 5.91 Å². The number of hydrogen-bond donors (Lipinski definition) is 2. The first-order valence-electron chi connectivity index (χ1n) is 7.38. The molecule has 5 nitrogen and oxygen atoms in total. The Morgan fingerprint density at radius 1 is 1.00 bits per heavy atom. The van der Waals surface area contributed by atoms with E-state index in [9.17, 15) is 22.0 Å². The molecular weight excluding hydrogens is 350 g/mol. The number of hydrogen-bond acceptors (Lipinski definition) is 3. The summed E-state index contributed by atoms with van der Waals surface area (Å²) in [6.07, 6.45) is 0. The largest absolute Gasteiger partial charge is 0.326 e. The van der Waals surface area contributed by atoms with Gasteiger partial charge in [0.05, 0.1) is 5.69 Å². The highest BCUT2D eigenvalue weighted by Gasteiger charge is 2.22. The zero-order chi connectivity index (χ0) is 18.8. The molecule has 0 saturated carbocycles. The van der Waals surface area contributed by atoms with Crippen LogP contribution in [0, 0.1) is 17.0 Å². The van der Waals surface area contributed by atoms with E-state index in [2.05, 4.69) is 10.0 Å². The maximum atomic E-state index is 13.7. The fourth-order valence-corrected chi connectivity index (χ4v) is 3.01. The Hall–Kier alpha value is -2.48. The number of halogens is 2. The predicted molar refractivity (Wildman–Crippen MR) is 91.7 cm³/mol. The number of benzene rings is 2. The molecule has 0 fully saturated rings. The molecule has 0 aliphatic carbocycles. The summed E-state index contributed by atoms with van der Waals surface area (Å²) in [6, 6.07) is 8.10. The number of anilines is 2. The van der Waals surface area contributed by atoms with Crippen LogP contribution in [0.2, 0.25) is 0 Å². The molecule has 25 heavy (non-hydrogen) atoms. The quantitative estimate of drug-likeness (QED) is 0.863. The molecule has 2 rings (SSSR count). The Morgan fingerprint density at radius 3 is 2.28 bits per heavy atom. The van der Waals surface area contributed by atoms with Gasteiger partial charge in [0, 0.05) is 11.1 Å². The van der Waals surface area contributed by atoms with Crippen LogP contribution in [0.4, 0.5) is 20.2 Å². The smallest absolute Gasteiger partial charge is 0.264 e. The van der Waals surface area contributed by atoms with Gasteiger partial charge < -0.3 is 5.32 Å². The van der Waals surface area contributed by atoms with Gasteiger partial charge in [0.25, 0.3) is 10.0 Å². The lowest BCUT2D eigenvalue weighted by molar-refractivity contribution is -0.123. The molecule has 0 aromatic heterocycles. The van der Waals surface area contributed by atoms with Crippen LogP contribution in [0.15, 0.2) is 47.4 Å².